The first-order chi connectivity index (χ1) is 9.04. The monoisotopic (exact) mass is 292 g/mol. The first-order valence-electron chi connectivity index (χ1n) is 6.49. The summed E-state index contributed by atoms with van der Waals surface area (Å²) < 4.78 is 0. The van der Waals surface area contributed by atoms with Crippen molar-refractivity contribution in [3.05, 3.63) is 48.0 Å². The van der Waals surface area contributed by atoms with Gasteiger partial charge in [-0.1, -0.05) is 74.2 Å². The molecular formula is C16H20OS2. The minimum absolute atomic E-state index is 0.0781. The SMILES string of the molecule is C=C(C)C(=O)SC(CCC)CC(=S)c1ccccc1. The smallest absolute Gasteiger partial charge is 0.214 e. The Balaban J connectivity index is 2.65. The Morgan fingerprint density at radius 2 is 2.00 bits per heavy atom. The molecule has 0 saturated heterocycles. The van der Waals surface area contributed by atoms with Crippen LogP contribution in [0.3, 0.4) is 0 Å². The highest BCUT2D eigenvalue weighted by Gasteiger charge is 2.17. The summed E-state index contributed by atoms with van der Waals surface area (Å²) in [6.45, 7) is 7.59. The zero-order valence-electron chi connectivity index (χ0n) is 11.5. The molecule has 0 aliphatic carbocycles. The number of hydrogen-bond donors (Lipinski definition) is 0. The maximum absolute atomic E-state index is 11.8. The van der Waals surface area contributed by atoms with E-state index in [0.29, 0.717) is 5.57 Å². The van der Waals surface area contributed by atoms with Gasteiger partial charge < -0.3 is 0 Å². The van der Waals surface area contributed by atoms with Gasteiger partial charge in [0.15, 0.2) is 0 Å². The first-order valence-corrected chi connectivity index (χ1v) is 7.78. The molecule has 0 saturated carbocycles. The van der Waals surface area contributed by atoms with Crippen molar-refractivity contribution in [3.8, 4) is 0 Å². The number of carbonyl (C=O) groups is 1. The third-order valence-corrected chi connectivity index (χ3v) is 4.44. The molecule has 1 aromatic carbocycles. The Morgan fingerprint density at radius 3 is 2.53 bits per heavy atom. The molecule has 0 fully saturated rings. The Morgan fingerprint density at radius 1 is 1.37 bits per heavy atom. The zero-order valence-corrected chi connectivity index (χ0v) is 13.2. The molecule has 0 aliphatic heterocycles. The molecule has 0 radical (unpaired) electrons. The molecule has 3 heteroatoms. The maximum Gasteiger partial charge on any atom is 0.214 e. The van der Waals surface area contributed by atoms with Crippen LogP contribution in [0.15, 0.2) is 42.5 Å². The summed E-state index contributed by atoms with van der Waals surface area (Å²) in [7, 11) is 0. The highest BCUT2D eigenvalue weighted by Crippen LogP contribution is 2.25. The topological polar surface area (TPSA) is 17.1 Å². The van der Waals surface area contributed by atoms with Gasteiger partial charge in [0.05, 0.1) is 0 Å². The largest absolute Gasteiger partial charge is 0.282 e. The van der Waals surface area contributed by atoms with Gasteiger partial charge in [0.1, 0.15) is 0 Å². The Bertz CT molecular complexity index is 451. The van der Waals surface area contributed by atoms with Crippen LogP contribution >= 0.6 is 24.0 Å². The minimum Gasteiger partial charge on any atom is -0.282 e. The van der Waals surface area contributed by atoms with Crippen LogP contribution in [-0.2, 0) is 4.79 Å². The van der Waals surface area contributed by atoms with Crippen molar-refractivity contribution in [2.45, 2.75) is 38.4 Å². The van der Waals surface area contributed by atoms with Gasteiger partial charge in [-0.05, 0) is 30.9 Å². The van der Waals surface area contributed by atoms with E-state index in [2.05, 4.69) is 13.5 Å². The van der Waals surface area contributed by atoms with Crippen molar-refractivity contribution >= 4 is 34.0 Å². The van der Waals surface area contributed by atoms with Crippen molar-refractivity contribution in [3.63, 3.8) is 0 Å². The van der Waals surface area contributed by atoms with Crippen molar-refractivity contribution in [1.29, 1.82) is 0 Å². The van der Waals surface area contributed by atoms with Gasteiger partial charge in [0, 0.05) is 10.1 Å². The summed E-state index contributed by atoms with van der Waals surface area (Å²) >= 11 is 6.86. The second-order valence-corrected chi connectivity index (χ2v) is 6.36. The van der Waals surface area contributed by atoms with Crippen LogP contribution in [0.25, 0.3) is 0 Å². The normalized spacial score (nSPS) is 11.9. The van der Waals surface area contributed by atoms with Crippen LogP contribution in [0.2, 0.25) is 0 Å². The van der Waals surface area contributed by atoms with E-state index in [1.165, 1.54) is 11.8 Å². The van der Waals surface area contributed by atoms with Crippen molar-refractivity contribution < 1.29 is 4.79 Å². The molecule has 19 heavy (non-hydrogen) atoms. The summed E-state index contributed by atoms with van der Waals surface area (Å²) in [6.07, 6.45) is 2.83. The lowest BCUT2D eigenvalue weighted by molar-refractivity contribution is -0.107. The van der Waals surface area contributed by atoms with Gasteiger partial charge in [-0.2, -0.15) is 0 Å². The molecule has 0 bridgehead atoms. The number of carbonyl (C=O) groups excluding carboxylic acids is 1. The molecule has 1 unspecified atom stereocenters. The van der Waals surface area contributed by atoms with Crippen LogP contribution < -0.4 is 0 Å². The van der Waals surface area contributed by atoms with Crippen molar-refractivity contribution in [2.75, 3.05) is 0 Å². The zero-order chi connectivity index (χ0) is 14.3. The third kappa shape index (κ3) is 5.70. The fraction of sp³-hybridized carbons (Fsp3) is 0.375. The van der Waals surface area contributed by atoms with Crippen LogP contribution in [0.5, 0.6) is 0 Å². The van der Waals surface area contributed by atoms with E-state index >= 15 is 0 Å². The maximum atomic E-state index is 11.8. The minimum atomic E-state index is 0.0781. The summed E-state index contributed by atoms with van der Waals surface area (Å²) in [5.74, 6) is 0. The molecule has 0 heterocycles. The van der Waals surface area contributed by atoms with Crippen LogP contribution in [0.4, 0.5) is 0 Å². The van der Waals surface area contributed by atoms with Gasteiger partial charge in [0.25, 0.3) is 0 Å². The lowest BCUT2D eigenvalue weighted by atomic mass is 10.1. The molecule has 102 valence electrons. The molecule has 0 aromatic heterocycles. The second-order valence-electron chi connectivity index (χ2n) is 4.59. The molecule has 1 atom stereocenters. The summed E-state index contributed by atoms with van der Waals surface area (Å²) in [6, 6.07) is 10.0. The predicted octanol–water partition coefficient (Wildman–Crippen LogP) is 4.80. The highest BCUT2D eigenvalue weighted by atomic mass is 32.2. The molecule has 0 spiro atoms. The van der Waals surface area contributed by atoms with E-state index < -0.39 is 0 Å². The quantitative estimate of drug-likeness (QED) is 0.408. The van der Waals surface area contributed by atoms with Gasteiger partial charge in [-0.15, -0.1) is 0 Å². The lowest BCUT2D eigenvalue weighted by Gasteiger charge is -2.15. The Kier molecular flexibility index (Phi) is 7.03. The Labute approximate surface area is 125 Å². The number of thiocarbonyl (C=S) groups is 1. The van der Waals surface area contributed by atoms with E-state index in [4.69, 9.17) is 12.2 Å². The number of hydrogen-bond acceptors (Lipinski definition) is 3. The molecular weight excluding hydrogens is 272 g/mol. The van der Waals surface area contributed by atoms with E-state index in [-0.39, 0.29) is 10.4 Å². The summed E-state index contributed by atoms with van der Waals surface area (Å²) in [4.78, 5) is 12.7. The lowest BCUT2D eigenvalue weighted by Crippen LogP contribution is -2.13. The van der Waals surface area contributed by atoms with E-state index in [0.717, 1.165) is 29.7 Å². The summed E-state index contributed by atoms with van der Waals surface area (Å²) in [5.41, 5.74) is 1.69. The van der Waals surface area contributed by atoms with Crippen LogP contribution in [0, 0.1) is 0 Å². The van der Waals surface area contributed by atoms with E-state index in [9.17, 15) is 4.79 Å². The fourth-order valence-electron chi connectivity index (χ4n) is 1.73. The fourth-order valence-corrected chi connectivity index (χ4v) is 3.28. The van der Waals surface area contributed by atoms with Gasteiger partial charge in [-0.25, -0.2) is 0 Å². The Hall–Kier alpha value is -0.930. The molecule has 0 N–H and O–H groups in total. The van der Waals surface area contributed by atoms with Crippen LogP contribution in [-0.4, -0.2) is 15.2 Å². The molecule has 1 aromatic rings. The van der Waals surface area contributed by atoms with Crippen molar-refractivity contribution in [1.82, 2.24) is 0 Å². The highest BCUT2D eigenvalue weighted by molar-refractivity contribution is 8.14. The third-order valence-electron chi connectivity index (χ3n) is 2.74. The number of benzene rings is 1. The average Bonchev–Trinajstić information content (AvgIpc) is 2.39. The molecule has 1 rings (SSSR count). The molecule has 0 aliphatic rings. The average molecular weight is 292 g/mol. The first kappa shape index (κ1) is 16.1. The molecule has 1 nitrogen and oxygen atoms in total. The van der Waals surface area contributed by atoms with Gasteiger partial charge >= 0.3 is 0 Å². The van der Waals surface area contributed by atoms with Crippen molar-refractivity contribution in [2.24, 2.45) is 0 Å². The number of thioether (sulfide) groups is 1. The van der Waals surface area contributed by atoms with Gasteiger partial charge in [-0.3, -0.25) is 4.79 Å². The summed E-state index contributed by atoms with van der Waals surface area (Å²) in [5, 5.41) is 0.330. The number of rotatable bonds is 7. The standard InChI is InChI=1S/C16H20OS2/c1-4-8-14(19-16(17)12(2)3)11-15(18)13-9-6-5-7-10-13/h5-7,9-10,14H,2,4,8,11H2,1,3H3. The van der Waals surface area contributed by atoms with E-state index in [1.54, 1.807) is 6.92 Å². The van der Waals surface area contributed by atoms with Crippen LogP contribution in [0.1, 0.15) is 38.7 Å². The van der Waals surface area contributed by atoms with Gasteiger partial charge in [0.2, 0.25) is 5.12 Å². The van der Waals surface area contributed by atoms with E-state index in [1.807, 2.05) is 30.3 Å². The second kappa shape index (κ2) is 8.28. The molecule has 0 amide bonds. The predicted molar refractivity (Wildman–Crippen MR) is 88.9 cm³/mol.